The van der Waals surface area contributed by atoms with Crippen molar-refractivity contribution in [2.24, 2.45) is 0 Å². The van der Waals surface area contributed by atoms with Gasteiger partial charge in [-0.05, 0) is 69.9 Å². The predicted octanol–water partition coefficient (Wildman–Crippen LogP) is 13.4. The van der Waals surface area contributed by atoms with Crippen LogP contribution in [0, 0.1) is 0 Å². The monoisotopic (exact) mass is 627 g/mol. The van der Waals surface area contributed by atoms with Crippen LogP contribution in [0.15, 0.2) is 185 Å². The van der Waals surface area contributed by atoms with E-state index < -0.39 is 0 Å². The first-order valence-electron chi connectivity index (χ1n) is 16.6. The Labute approximate surface area is 282 Å². The molecular formula is C46H29NO2. The third-order valence-corrected chi connectivity index (χ3v) is 9.67. The Balaban J connectivity index is 1.36. The summed E-state index contributed by atoms with van der Waals surface area (Å²) in [7, 11) is 0. The topological polar surface area (TPSA) is 29.5 Å². The third kappa shape index (κ3) is 4.37. The van der Waals surface area contributed by atoms with Gasteiger partial charge in [-0.25, -0.2) is 0 Å². The minimum Gasteiger partial charge on any atom is -0.456 e. The highest BCUT2D eigenvalue weighted by atomic mass is 16.3. The first kappa shape index (κ1) is 27.5. The predicted molar refractivity (Wildman–Crippen MR) is 204 cm³/mol. The summed E-state index contributed by atoms with van der Waals surface area (Å²) < 4.78 is 13.4. The SMILES string of the molecule is c1ccc(-c2ccc(N(c3cccc4c3oc3ccccc34)c3c(-c4ccccc4)ccc4oc5ccc6ccccc6c5c34)cc2)cc1. The fourth-order valence-corrected chi connectivity index (χ4v) is 7.43. The van der Waals surface area contributed by atoms with Gasteiger partial charge >= 0.3 is 0 Å². The van der Waals surface area contributed by atoms with E-state index in [0.717, 1.165) is 83.0 Å². The number of nitrogens with zero attached hydrogens (tertiary/aromatic N) is 1. The van der Waals surface area contributed by atoms with Crippen molar-refractivity contribution in [2.75, 3.05) is 4.90 Å². The van der Waals surface area contributed by atoms with Gasteiger partial charge in [-0.15, -0.1) is 0 Å². The van der Waals surface area contributed by atoms with Crippen molar-refractivity contribution in [2.45, 2.75) is 0 Å². The molecule has 3 heteroatoms. The Morgan fingerprint density at radius 3 is 1.82 bits per heavy atom. The van der Waals surface area contributed by atoms with Gasteiger partial charge in [-0.2, -0.15) is 0 Å². The molecule has 2 heterocycles. The number of hydrogen-bond acceptors (Lipinski definition) is 3. The molecular weight excluding hydrogens is 599 g/mol. The van der Waals surface area contributed by atoms with Gasteiger partial charge in [0.25, 0.3) is 0 Å². The van der Waals surface area contributed by atoms with Gasteiger partial charge in [-0.3, -0.25) is 0 Å². The van der Waals surface area contributed by atoms with E-state index in [0.29, 0.717) is 0 Å². The maximum atomic E-state index is 6.73. The molecule has 0 amide bonds. The molecule has 0 atom stereocenters. The van der Waals surface area contributed by atoms with E-state index in [1.807, 2.05) is 12.1 Å². The van der Waals surface area contributed by atoms with Crippen LogP contribution < -0.4 is 4.90 Å². The zero-order valence-corrected chi connectivity index (χ0v) is 26.5. The average Bonchev–Trinajstić information content (AvgIpc) is 3.75. The molecule has 230 valence electrons. The molecule has 8 aromatic carbocycles. The van der Waals surface area contributed by atoms with Gasteiger partial charge < -0.3 is 13.7 Å². The maximum absolute atomic E-state index is 6.73. The lowest BCUT2D eigenvalue weighted by atomic mass is 9.95. The molecule has 0 saturated heterocycles. The van der Waals surface area contributed by atoms with Crippen LogP contribution in [-0.4, -0.2) is 0 Å². The summed E-state index contributed by atoms with van der Waals surface area (Å²) in [5.41, 5.74) is 11.0. The van der Waals surface area contributed by atoms with Gasteiger partial charge in [0.05, 0.1) is 16.8 Å². The van der Waals surface area contributed by atoms with Crippen molar-refractivity contribution >= 4 is 71.7 Å². The van der Waals surface area contributed by atoms with E-state index in [1.165, 1.54) is 10.9 Å². The standard InChI is InChI=1S/C46H29NO2/c1-3-12-30(13-4-1)31-22-25-34(26-23-31)47(39-20-11-19-38-37-18-9-10-21-40(37)49-46(38)39)45-36(32-14-5-2-6-15-32)27-29-42-44(45)43-35-17-8-7-16-33(35)24-28-41(43)48-42/h1-29H. The molecule has 0 aliphatic carbocycles. The van der Waals surface area contributed by atoms with Gasteiger partial charge in [0.15, 0.2) is 5.58 Å². The molecule has 3 nitrogen and oxygen atoms in total. The van der Waals surface area contributed by atoms with Crippen molar-refractivity contribution in [3.05, 3.63) is 176 Å². The second-order valence-corrected chi connectivity index (χ2v) is 12.5. The number of rotatable bonds is 5. The molecule has 0 fully saturated rings. The minimum atomic E-state index is 0.837. The van der Waals surface area contributed by atoms with Crippen molar-refractivity contribution in [3.8, 4) is 22.3 Å². The van der Waals surface area contributed by atoms with E-state index >= 15 is 0 Å². The highest BCUT2D eigenvalue weighted by Crippen LogP contribution is 2.51. The van der Waals surface area contributed by atoms with Gasteiger partial charge in [0.1, 0.15) is 16.7 Å². The molecule has 0 aliphatic rings. The lowest BCUT2D eigenvalue weighted by Gasteiger charge is -2.29. The summed E-state index contributed by atoms with van der Waals surface area (Å²) in [5, 5.41) is 6.67. The molecule has 0 aliphatic heterocycles. The second-order valence-electron chi connectivity index (χ2n) is 12.5. The van der Waals surface area contributed by atoms with Crippen LogP contribution in [0.3, 0.4) is 0 Å². The molecule has 0 saturated carbocycles. The Morgan fingerprint density at radius 2 is 1.00 bits per heavy atom. The normalized spacial score (nSPS) is 11.7. The fraction of sp³-hybridized carbons (Fsp3) is 0. The molecule has 10 rings (SSSR count). The number of hydrogen-bond donors (Lipinski definition) is 0. The lowest BCUT2D eigenvalue weighted by molar-refractivity contribution is 0.668. The highest BCUT2D eigenvalue weighted by molar-refractivity contribution is 6.25. The number of benzene rings is 8. The Morgan fingerprint density at radius 1 is 0.367 bits per heavy atom. The molecule has 0 unspecified atom stereocenters. The molecule has 10 aromatic rings. The quantitative estimate of drug-likeness (QED) is 0.190. The number of fused-ring (bicyclic) bond motifs is 8. The summed E-state index contributed by atoms with van der Waals surface area (Å²) in [6.07, 6.45) is 0. The van der Waals surface area contributed by atoms with E-state index in [-0.39, 0.29) is 0 Å². The van der Waals surface area contributed by atoms with E-state index in [2.05, 4.69) is 169 Å². The first-order chi connectivity index (χ1) is 24.3. The largest absolute Gasteiger partial charge is 0.456 e. The van der Waals surface area contributed by atoms with Crippen molar-refractivity contribution in [1.82, 2.24) is 0 Å². The molecule has 0 bridgehead atoms. The molecule has 0 radical (unpaired) electrons. The first-order valence-corrected chi connectivity index (χ1v) is 16.6. The fourth-order valence-electron chi connectivity index (χ4n) is 7.43. The number of furan rings is 2. The summed E-state index contributed by atoms with van der Waals surface area (Å²) >= 11 is 0. The van der Waals surface area contributed by atoms with Crippen LogP contribution in [0.25, 0.3) is 76.9 Å². The zero-order valence-electron chi connectivity index (χ0n) is 26.5. The Bertz CT molecular complexity index is 2810. The maximum Gasteiger partial charge on any atom is 0.159 e. The molecule has 2 aromatic heterocycles. The molecule has 0 spiro atoms. The van der Waals surface area contributed by atoms with Gasteiger partial charge in [0, 0.05) is 27.4 Å². The Hall–Kier alpha value is -6.58. The van der Waals surface area contributed by atoms with Crippen molar-refractivity contribution in [1.29, 1.82) is 0 Å². The average molecular weight is 628 g/mol. The number of para-hydroxylation sites is 2. The highest BCUT2D eigenvalue weighted by Gasteiger charge is 2.27. The van der Waals surface area contributed by atoms with Crippen molar-refractivity contribution in [3.63, 3.8) is 0 Å². The van der Waals surface area contributed by atoms with Crippen LogP contribution in [0.2, 0.25) is 0 Å². The molecule has 0 N–H and O–H groups in total. The van der Waals surface area contributed by atoms with Crippen molar-refractivity contribution < 1.29 is 8.83 Å². The minimum absolute atomic E-state index is 0.837. The van der Waals surface area contributed by atoms with Gasteiger partial charge in [0.2, 0.25) is 0 Å². The van der Waals surface area contributed by atoms with Crippen LogP contribution in [0.5, 0.6) is 0 Å². The van der Waals surface area contributed by atoms with Crippen LogP contribution in [0.1, 0.15) is 0 Å². The summed E-state index contributed by atoms with van der Waals surface area (Å²) in [4.78, 5) is 2.38. The number of anilines is 3. The van der Waals surface area contributed by atoms with Crippen LogP contribution >= 0.6 is 0 Å². The second kappa shape index (κ2) is 11.0. The van der Waals surface area contributed by atoms with Crippen LogP contribution in [0.4, 0.5) is 17.1 Å². The third-order valence-electron chi connectivity index (χ3n) is 9.67. The van der Waals surface area contributed by atoms with Gasteiger partial charge in [-0.1, -0.05) is 133 Å². The summed E-state index contributed by atoms with van der Waals surface area (Å²) in [6, 6.07) is 61.9. The molecule has 49 heavy (non-hydrogen) atoms. The zero-order chi connectivity index (χ0) is 32.3. The summed E-state index contributed by atoms with van der Waals surface area (Å²) in [6.45, 7) is 0. The summed E-state index contributed by atoms with van der Waals surface area (Å²) in [5.74, 6) is 0. The van der Waals surface area contributed by atoms with E-state index in [1.54, 1.807) is 0 Å². The smallest absolute Gasteiger partial charge is 0.159 e. The van der Waals surface area contributed by atoms with E-state index in [9.17, 15) is 0 Å². The Kier molecular flexibility index (Phi) is 6.18. The van der Waals surface area contributed by atoms with Crippen LogP contribution in [-0.2, 0) is 0 Å². The van der Waals surface area contributed by atoms with E-state index in [4.69, 9.17) is 8.83 Å². The lowest BCUT2D eigenvalue weighted by Crippen LogP contribution is -2.12.